The van der Waals surface area contributed by atoms with Crippen LogP contribution in [0.1, 0.15) is 5.56 Å². The van der Waals surface area contributed by atoms with Crippen LogP contribution in [-0.2, 0) is 14.3 Å². The summed E-state index contributed by atoms with van der Waals surface area (Å²) in [6.07, 6.45) is 0. The molecule has 0 unspecified atom stereocenters. The number of hydrogen-bond donors (Lipinski definition) is 0. The van der Waals surface area contributed by atoms with Gasteiger partial charge < -0.3 is 9.15 Å². The molecule has 1 heterocycles. The third kappa shape index (κ3) is 4.26. The number of rotatable bonds is 6. The molecule has 130 valence electrons. The lowest BCUT2D eigenvalue weighted by atomic mass is 10.2. The first-order chi connectivity index (χ1) is 11.9. The van der Waals surface area contributed by atoms with Crippen LogP contribution < -0.4 is 10.4 Å². The molecular weight excluding hydrogens is 344 g/mol. The lowest BCUT2D eigenvalue weighted by Crippen LogP contribution is -2.13. The predicted molar refractivity (Wildman–Crippen MR) is 92.3 cm³/mol. The maximum Gasteiger partial charge on any atom is 0.336 e. The van der Waals surface area contributed by atoms with Crippen molar-refractivity contribution in [2.24, 2.45) is 0 Å². The smallest absolute Gasteiger partial charge is 0.336 e. The quantitative estimate of drug-likeness (QED) is 0.382. The molecule has 0 bridgehead atoms. The fraction of sp³-hybridized carbons (Fsp3) is 0.167. The Balaban J connectivity index is 1.59. The van der Waals surface area contributed by atoms with Gasteiger partial charge in [0.15, 0.2) is 0 Å². The Morgan fingerprint density at radius 1 is 0.960 bits per heavy atom. The molecule has 0 radical (unpaired) electrons. The minimum Gasteiger partial charge on any atom is -0.491 e. The number of fused-ring (bicyclic) bond motifs is 1. The van der Waals surface area contributed by atoms with E-state index in [1.165, 1.54) is 18.2 Å². The molecule has 7 heteroatoms. The van der Waals surface area contributed by atoms with Gasteiger partial charge in [-0.05, 0) is 37.3 Å². The zero-order valence-corrected chi connectivity index (χ0v) is 14.3. The van der Waals surface area contributed by atoms with Crippen molar-refractivity contribution < 1.29 is 21.8 Å². The average Bonchev–Trinajstić information content (AvgIpc) is 2.59. The van der Waals surface area contributed by atoms with Gasteiger partial charge in [0.25, 0.3) is 10.1 Å². The molecule has 3 aromatic rings. The van der Waals surface area contributed by atoms with Crippen molar-refractivity contribution in [2.45, 2.75) is 11.8 Å². The zero-order valence-electron chi connectivity index (χ0n) is 13.5. The van der Waals surface area contributed by atoms with Gasteiger partial charge in [-0.2, -0.15) is 8.42 Å². The van der Waals surface area contributed by atoms with Crippen LogP contribution in [0.3, 0.4) is 0 Å². The molecule has 3 rings (SSSR count). The molecule has 0 saturated carbocycles. The molecule has 0 atom stereocenters. The molecule has 0 fully saturated rings. The maximum absolute atomic E-state index is 12.0. The number of aryl methyl sites for hydroxylation is 1. The topological polar surface area (TPSA) is 82.8 Å². The van der Waals surface area contributed by atoms with Crippen LogP contribution in [0, 0.1) is 6.92 Å². The minimum absolute atomic E-state index is 0.0354. The van der Waals surface area contributed by atoms with Gasteiger partial charge in [0.1, 0.15) is 24.5 Å². The van der Waals surface area contributed by atoms with Gasteiger partial charge in [-0.15, -0.1) is 0 Å². The molecular formula is C18H16O6S. The zero-order chi connectivity index (χ0) is 17.9. The van der Waals surface area contributed by atoms with E-state index in [4.69, 9.17) is 13.3 Å². The molecule has 0 aliphatic heterocycles. The first kappa shape index (κ1) is 17.2. The van der Waals surface area contributed by atoms with Crippen molar-refractivity contribution in [2.75, 3.05) is 13.2 Å². The number of hydrogen-bond acceptors (Lipinski definition) is 6. The lowest BCUT2D eigenvalue weighted by molar-refractivity contribution is 0.221. The third-order valence-corrected chi connectivity index (χ3v) is 4.82. The van der Waals surface area contributed by atoms with E-state index in [1.54, 1.807) is 36.4 Å². The normalized spacial score (nSPS) is 11.6. The summed E-state index contributed by atoms with van der Waals surface area (Å²) in [5.41, 5.74) is 0.917. The summed E-state index contributed by atoms with van der Waals surface area (Å²) >= 11 is 0. The third-order valence-electron chi connectivity index (χ3n) is 3.49. The van der Waals surface area contributed by atoms with Gasteiger partial charge in [-0.3, -0.25) is 4.18 Å². The first-order valence-electron chi connectivity index (χ1n) is 7.57. The second kappa shape index (κ2) is 7.08. The summed E-state index contributed by atoms with van der Waals surface area (Å²) in [6.45, 7) is 1.78. The molecule has 6 nitrogen and oxygen atoms in total. The van der Waals surface area contributed by atoms with Gasteiger partial charge >= 0.3 is 5.63 Å². The van der Waals surface area contributed by atoms with Crippen LogP contribution in [0.5, 0.6) is 5.75 Å². The van der Waals surface area contributed by atoms with Crippen molar-refractivity contribution in [1.29, 1.82) is 0 Å². The van der Waals surface area contributed by atoms with Gasteiger partial charge in [-0.25, -0.2) is 4.79 Å². The van der Waals surface area contributed by atoms with E-state index in [1.807, 2.05) is 6.92 Å². The largest absolute Gasteiger partial charge is 0.491 e. The Kier molecular flexibility index (Phi) is 4.87. The Labute approximate surface area is 144 Å². The van der Waals surface area contributed by atoms with Crippen molar-refractivity contribution in [1.82, 2.24) is 0 Å². The fourth-order valence-electron chi connectivity index (χ4n) is 2.21. The second-order valence-electron chi connectivity index (χ2n) is 5.39. The number of ether oxygens (including phenoxy) is 1. The highest BCUT2D eigenvalue weighted by molar-refractivity contribution is 7.86. The summed E-state index contributed by atoms with van der Waals surface area (Å²) in [7, 11) is -3.81. The summed E-state index contributed by atoms with van der Waals surface area (Å²) < 4.78 is 39.6. The van der Waals surface area contributed by atoms with E-state index in [0.717, 1.165) is 10.9 Å². The van der Waals surface area contributed by atoms with E-state index in [-0.39, 0.29) is 18.1 Å². The van der Waals surface area contributed by atoms with Gasteiger partial charge in [0.05, 0.1) is 4.90 Å². The fourth-order valence-corrected chi connectivity index (χ4v) is 3.10. The summed E-state index contributed by atoms with van der Waals surface area (Å²) in [5.74, 6) is 0.457. The van der Waals surface area contributed by atoms with E-state index in [9.17, 15) is 13.2 Å². The Morgan fingerprint density at radius 2 is 1.68 bits per heavy atom. The average molecular weight is 360 g/mol. The SMILES string of the molecule is Cc1ccc(S(=O)(=O)OCCOc2ccc3ccc(=O)oc3c2)cc1. The number of benzene rings is 2. The van der Waals surface area contributed by atoms with E-state index < -0.39 is 15.7 Å². The summed E-state index contributed by atoms with van der Waals surface area (Å²) in [4.78, 5) is 11.3. The van der Waals surface area contributed by atoms with Crippen LogP contribution in [0.25, 0.3) is 11.0 Å². The van der Waals surface area contributed by atoms with Crippen molar-refractivity contribution >= 4 is 21.1 Å². The lowest BCUT2D eigenvalue weighted by Gasteiger charge is -2.08. The van der Waals surface area contributed by atoms with E-state index >= 15 is 0 Å². The van der Waals surface area contributed by atoms with Gasteiger partial charge in [-0.1, -0.05) is 17.7 Å². The monoisotopic (exact) mass is 360 g/mol. The van der Waals surface area contributed by atoms with Gasteiger partial charge in [0, 0.05) is 17.5 Å². The molecule has 2 aromatic carbocycles. The van der Waals surface area contributed by atoms with Crippen LogP contribution >= 0.6 is 0 Å². The molecule has 0 spiro atoms. The Hall–Kier alpha value is -2.64. The van der Waals surface area contributed by atoms with Crippen LogP contribution in [0.15, 0.2) is 68.7 Å². The highest BCUT2D eigenvalue weighted by atomic mass is 32.2. The van der Waals surface area contributed by atoms with Crippen molar-refractivity contribution in [3.05, 3.63) is 70.6 Å². The maximum atomic E-state index is 12.0. The standard InChI is InChI=1S/C18H16O6S/c1-13-2-7-16(8-3-13)25(20,21)23-11-10-22-15-6-4-14-5-9-18(19)24-17(14)12-15/h2-9,12H,10-11H2,1H3. The Morgan fingerprint density at radius 3 is 2.44 bits per heavy atom. The molecule has 0 saturated heterocycles. The van der Waals surface area contributed by atoms with Gasteiger partial charge in [0.2, 0.25) is 0 Å². The predicted octanol–water partition coefficient (Wildman–Crippen LogP) is 2.89. The highest BCUT2D eigenvalue weighted by Gasteiger charge is 2.14. The molecule has 0 aliphatic rings. The molecule has 0 N–H and O–H groups in total. The van der Waals surface area contributed by atoms with Crippen molar-refractivity contribution in [3.8, 4) is 5.75 Å². The summed E-state index contributed by atoms with van der Waals surface area (Å²) in [6, 6.07) is 14.4. The van der Waals surface area contributed by atoms with Crippen molar-refractivity contribution in [3.63, 3.8) is 0 Å². The van der Waals surface area contributed by atoms with E-state index in [2.05, 4.69) is 0 Å². The Bertz CT molecular complexity index is 1040. The van der Waals surface area contributed by atoms with Crippen LogP contribution in [-0.4, -0.2) is 21.6 Å². The summed E-state index contributed by atoms with van der Waals surface area (Å²) in [5, 5.41) is 0.769. The highest BCUT2D eigenvalue weighted by Crippen LogP contribution is 2.19. The molecule has 0 aliphatic carbocycles. The second-order valence-corrected chi connectivity index (χ2v) is 7.01. The molecule has 1 aromatic heterocycles. The molecule has 0 amide bonds. The van der Waals surface area contributed by atoms with Crippen LogP contribution in [0.4, 0.5) is 0 Å². The molecule has 25 heavy (non-hydrogen) atoms. The van der Waals surface area contributed by atoms with E-state index in [0.29, 0.717) is 11.3 Å². The minimum atomic E-state index is -3.81. The van der Waals surface area contributed by atoms with Crippen LogP contribution in [0.2, 0.25) is 0 Å². The first-order valence-corrected chi connectivity index (χ1v) is 8.98.